The van der Waals surface area contributed by atoms with E-state index in [1.807, 2.05) is 12.1 Å². The quantitative estimate of drug-likeness (QED) is 0.629. The molecule has 0 saturated carbocycles. The summed E-state index contributed by atoms with van der Waals surface area (Å²) in [5.41, 5.74) is 4.40. The number of aromatic nitrogens is 1. The van der Waals surface area contributed by atoms with Crippen molar-refractivity contribution in [3.63, 3.8) is 0 Å². The van der Waals surface area contributed by atoms with E-state index in [0.29, 0.717) is 12.0 Å². The lowest BCUT2D eigenvalue weighted by molar-refractivity contribution is 0.487. The van der Waals surface area contributed by atoms with Gasteiger partial charge in [0.25, 0.3) is 0 Å². The number of nitrogens with two attached hydrogens (primary N) is 1. The average Bonchev–Trinajstić information content (AvgIpc) is 2.43. The third kappa shape index (κ3) is 4.36. The third-order valence-corrected chi connectivity index (χ3v) is 3.14. The molecule has 106 valence electrons. The summed E-state index contributed by atoms with van der Waals surface area (Å²) in [6.45, 7) is 0. The largest absolute Gasteiger partial charge is 0.271 e. The van der Waals surface area contributed by atoms with Crippen molar-refractivity contribution >= 4 is 0 Å². The normalized spacial score (nSPS) is 12.3. The van der Waals surface area contributed by atoms with Crippen molar-refractivity contribution in [2.45, 2.75) is 25.3 Å². The highest BCUT2D eigenvalue weighted by molar-refractivity contribution is 5.19. The number of hydrogen-bond donors (Lipinski definition) is 2. The standard InChI is InChI=1S/C15H17F2N3/c16-13-6-12(7-14(17)9-13)8-15(20-18)4-3-11-2-1-5-19-10-11/h1-2,5-7,9-10,15,20H,3-4,8,18H2. The maximum absolute atomic E-state index is 13.1. The Morgan fingerprint density at radius 1 is 1.15 bits per heavy atom. The minimum atomic E-state index is -0.567. The molecule has 3 N–H and O–H groups in total. The van der Waals surface area contributed by atoms with Gasteiger partial charge in [0, 0.05) is 24.5 Å². The van der Waals surface area contributed by atoms with E-state index >= 15 is 0 Å². The van der Waals surface area contributed by atoms with Gasteiger partial charge in [0.2, 0.25) is 0 Å². The van der Waals surface area contributed by atoms with E-state index in [-0.39, 0.29) is 6.04 Å². The molecule has 3 nitrogen and oxygen atoms in total. The van der Waals surface area contributed by atoms with Gasteiger partial charge in [-0.15, -0.1) is 0 Å². The van der Waals surface area contributed by atoms with Crippen molar-refractivity contribution in [1.82, 2.24) is 10.4 Å². The number of halogens is 2. The van der Waals surface area contributed by atoms with Crippen molar-refractivity contribution in [1.29, 1.82) is 0 Å². The van der Waals surface area contributed by atoms with E-state index in [1.54, 1.807) is 12.4 Å². The predicted octanol–water partition coefficient (Wildman–Crippen LogP) is 2.37. The fraction of sp³-hybridized carbons (Fsp3) is 0.267. The van der Waals surface area contributed by atoms with Crippen LogP contribution >= 0.6 is 0 Å². The molecule has 0 aliphatic rings. The second kappa shape index (κ2) is 7.07. The SMILES string of the molecule is NNC(CCc1cccnc1)Cc1cc(F)cc(F)c1. The molecule has 0 saturated heterocycles. The summed E-state index contributed by atoms with van der Waals surface area (Å²) in [4.78, 5) is 4.04. The Morgan fingerprint density at radius 3 is 2.50 bits per heavy atom. The van der Waals surface area contributed by atoms with Gasteiger partial charge in [-0.05, 0) is 48.6 Å². The van der Waals surface area contributed by atoms with Crippen LogP contribution in [0.4, 0.5) is 8.78 Å². The number of nitrogens with one attached hydrogen (secondary N) is 1. The van der Waals surface area contributed by atoms with Gasteiger partial charge < -0.3 is 0 Å². The highest BCUT2D eigenvalue weighted by atomic mass is 19.1. The van der Waals surface area contributed by atoms with E-state index in [1.165, 1.54) is 12.1 Å². The van der Waals surface area contributed by atoms with Crippen LogP contribution in [0.2, 0.25) is 0 Å². The molecule has 1 heterocycles. The van der Waals surface area contributed by atoms with Crippen molar-refractivity contribution < 1.29 is 8.78 Å². The summed E-state index contributed by atoms with van der Waals surface area (Å²) < 4.78 is 26.3. The number of pyridine rings is 1. The summed E-state index contributed by atoms with van der Waals surface area (Å²) in [6, 6.07) is 7.35. The lowest BCUT2D eigenvalue weighted by Crippen LogP contribution is -2.37. The highest BCUT2D eigenvalue weighted by Crippen LogP contribution is 2.12. The van der Waals surface area contributed by atoms with Crippen molar-refractivity contribution in [2.24, 2.45) is 5.84 Å². The van der Waals surface area contributed by atoms with Gasteiger partial charge in [0.05, 0.1) is 0 Å². The monoisotopic (exact) mass is 277 g/mol. The fourth-order valence-electron chi connectivity index (χ4n) is 2.14. The van der Waals surface area contributed by atoms with Crippen molar-refractivity contribution in [2.75, 3.05) is 0 Å². The molecule has 0 spiro atoms. The topological polar surface area (TPSA) is 50.9 Å². The molecule has 0 bridgehead atoms. The summed E-state index contributed by atoms with van der Waals surface area (Å²) in [5.74, 6) is 4.37. The van der Waals surface area contributed by atoms with Gasteiger partial charge in [0.1, 0.15) is 11.6 Å². The smallest absolute Gasteiger partial charge is 0.126 e. The lowest BCUT2D eigenvalue weighted by Gasteiger charge is -2.16. The second-order valence-corrected chi connectivity index (χ2v) is 4.75. The number of hydrazine groups is 1. The molecule has 0 amide bonds. The number of nitrogens with zero attached hydrogens (tertiary/aromatic N) is 1. The molecule has 1 aromatic heterocycles. The van der Waals surface area contributed by atoms with Crippen LogP contribution in [-0.4, -0.2) is 11.0 Å². The van der Waals surface area contributed by atoms with E-state index in [0.717, 1.165) is 24.5 Å². The maximum Gasteiger partial charge on any atom is 0.126 e. The Bertz CT molecular complexity index is 526. The molecule has 0 fully saturated rings. The van der Waals surface area contributed by atoms with Gasteiger partial charge in [-0.2, -0.15) is 0 Å². The Hall–Kier alpha value is -1.85. The van der Waals surface area contributed by atoms with Crippen LogP contribution in [0.3, 0.4) is 0 Å². The predicted molar refractivity (Wildman–Crippen MR) is 73.7 cm³/mol. The van der Waals surface area contributed by atoms with Crippen molar-refractivity contribution in [3.05, 3.63) is 65.5 Å². The van der Waals surface area contributed by atoms with E-state index in [9.17, 15) is 8.78 Å². The zero-order chi connectivity index (χ0) is 14.4. The first kappa shape index (κ1) is 14.6. The molecule has 1 atom stereocenters. The summed E-state index contributed by atoms with van der Waals surface area (Å²) >= 11 is 0. The average molecular weight is 277 g/mol. The molecule has 0 radical (unpaired) electrons. The minimum absolute atomic E-state index is 0.0450. The Balaban J connectivity index is 1.95. The Kier molecular flexibility index (Phi) is 5.15. The Labute approximate surface area is 116 Å². The molecular weight excluding hydrogens is 260 g/mol. The molecule has 0 aliphatic heterocycles. The fourth-order valence-corrected chi connectivity index (χ4v) is 2.14. The summed E-state index contributed by atoms with van der Waals surface area (Å²) in [7, 11) is 0. The number of benzene rings is 1. The van der Waals surface area contributed by atoms with E-state index in [4.69, 9.17) is 5.84 Å². The van der Waals surface area contributed by atoms with E-state index in [2.05, 4.69) is 10.4 Å². The number of hydrogen-bond acceptors (Lipinski definition) is 3. The minimum Gasteiger partial charge on any atom is -0.271 e. The highest BCUT2D eigenvalue weighted by Gasteiger charge is 2.10. The van der Waals surface area contributed by atoms with Gasteiger partial charge >= 0.3 is 0 Å². The van der Waals surface area contributed by atoms with Crippen LogP contribution < -0.4 is 11.3 Å². The van der Waals surface area contributed by atoms with Crippen LogP contribution in [0, 0.1) is 11.6 Å². The molecule has 0 aliphatic carbocycles. The lowest BCUT2D eigenvalue weighted by atomic mass is 10.00. The van der Waals surface area contributed by atoms with Crippen LogP contribution in [0.15, 0.2) is 42.7 Å². The molecule has 5 heteroatoms. The van der Waals surface area contributed by atoms with Crippen LogP contribution in [0.5, 0.6) is 0 Å². The first-order valence-corrected chi connectivity index (χ1v) is 6.47. The zero-order valence-corrected chi connectivity index (χ0v) is 11.0. The summed E-state index contributed by atoms with van der Waals surface area (Å²) in [6.07, 6.45) is 5.57. The number of rotatable bonds is 6. The second-order valence-electron chi connectivity index (χ2n) is 4.75. The van der Waals surface area contributed by atoms with Crippen LogP contribution in [0.1, 0.15) is 17.5 Å². The molecule has 1 unspecified atom stereocenters. The molecule has 20 heavy (non-hydrogen) atoms. The van der Waals surface area contributed by atoms with Gasteiger partial charge in [-0.25, -0.2) is 8.78 Å². The molecule has 2 rings (SSSR count). The first-order chi connectivity index (χ1) is 9.67. The molecule has 2 aromatic rings. The van der Waals surface area contributed by atoms with Gasteiger partial charge in [-0.3, -0.25) is 16.3 Å². The summed E-state index contributed by atoms with van der Waals surface area (Å²) in [5, 5.41) is 0. The third-order valence-electron chi connectivity index (χ3n) is 3.14. The zero-order valence-electron chi connectivity index (χ0n) is 11.0. The van der Waals surface area contributed by atoms with Gasteiger partial charge in [0.15, 0.2) is 0 Å². The van der Waals surface area contributed by atoms with Crippen LogP contribution in [0.25, 0.3) is 0 Å². The van der Waals surface area contributed by atoms with E-state index < -0.39 is 11.6 Å². The Morgan fingerprint density at radius 2 is 1.90 bits per heavy atom. The number of aryl methyl sites for hydroxylation is 1. The molecular formula is C15H17F2N3. The maximum atomic E-state index is 13.1. The first-order valence-electron chi connectivity index (χ1n) is 6.47. The molecule has 1 aromatic carbocycles. The van der Waals surface area contributed by atoms with Crippen molar-refractivity contribution in [3.8, 4) is 0 Å². The van der Waals surface area contributed by atoms with Gasteiger partial charge in [-0.1, -0.05) is 6.07 Å². The van der Waals surface area contributed by atoms with Crippen LogP contribution in [-0.2, 0) is 12.8 Å².